The maximum absolute atomic E-state index is 12.3. The molecule has 0 spiro atoms. The summed E-state index contributed by atoms with van der Waals surface area (Å²) in [7, 11) is 0. The Kier molecular flexibility index (Phi) is 7.46. The Morgan fingerprint density at radius 2 is 1.97 bits per heavy atom. The Morgan fingerprint density at radius 3 is 2.69 bits per heavy atom. The lowest BCUT2D eigenvalue weighted by Crippen LogP contribution is -2.39. The van der Waals surface area contributed by atoms with Gasteiger partial charge in [-0.05, 0) is 57.1 Å². The fourth-order valence-electron chi connectivity index (χ4n) is 4.40. The first-order chi connectivity index (χ1) is 13.8. The van der Waals surface area contributed by atoms with E-state index in [1.807, 2.05) is 13.8 Å². The molecule has 0 saturated carbocycles. The maximum atomic E-state index is 12.3. The molecular formula is C22H34N4O2S. The summed E-state index contributed by atoms with van der Waals surface area (Å²) in [4.78, 5) is 36.2. The lowest BCUT2D eigenvalue weighted by molar-refractivity contribution is -0.121. The molecule has 160 valence electrons. The molecule has 2 aromatic heterocycles. The van der Waals surface area contributed by atoms with E-state index < -0.39 is 0 Å². The number of rotatable bonds is 8. The van der Waals surface area contributed by atoms with Crippen LogP contribution in [-0.2, 0) is 11.2 Å². The molecule has 0 bridgehead atoms. The molecular weight excluding hydrogens is 384 g/mol. The third-order valence-electron chi connectivity index (χ3n) is 5.84. The fraction of sp³-hybridized carbons (Fsp3) is 0.682. The second-order valence-corrected chi connectivity index (χ2v) is 9.94. The highest BCUT2D eigenvalue weighted by atomic mass is 32.1. The minimum absolute atomic E-state index is 0.0199. The molecule has 1 fully saturated rings. The molecule has 29 heavy (non-hydrogen) atoms. The summed E-state index contributed by atoms with van der Waals surface area (Å²) in [5.41, 5.74) is 0.894. The zero-order chi connectivity index (χ0) is 21.0. The predicted octanol–water partition coefficient (Wildman–Crippen LogP) is 3.41. The van der Waals surface area contributed by atoms with Gasteiger partial charge in [0.1, 0.15) is 10.7 Å². The first-order valence-electron chi connectivity index (χ1n) is 10.8. The number of likely N-dealkylation sites (tertiary alicyclic amines) is 1. The highest BCUT2D eigenvalue weighted by Crippen LogP contribution is 2.25. The van der Waals surface area contributed by atoms with E-state index in [1.54, 1.807) is 0 Å². The van der Waals surface area contributed by atoms with E-state index in [4.69, 9.17) is 0 Å². The first-order valence-corrected chi connectivity index (χ1v) is 11.6. The minimum Gasteiger partial charge on any atom is -0.356 e. The molecule has 2 atom stereocenters. The Morgan fingerprint density at radius 1 is 1.24 bits per heavy atom. The summed E-state index contributed by atoms with van der Waals surface area (Å²) in [5.74, 6) is 2.19. The molecule has 2 aromatic rings. The topological polar surface area (TPSA) is 78.1 Å². The van der Waals surface area contributed by atoms with Crippen molar-refractivity contribution in [3.05, 3.63) is 26.6 Å². The summed E-state index contributed by atoms with van der Waals surface area (Å²) in [6.07, 6.45) is 4.25. The van der Waals surface area contributed by atoms with Crippen molar-refractivity contribution in [3.63, 3.8) is 0 Å². The maximum Gasteiger partial charge on any atom is 0.259 e. The number of nitrogens with zero attached hydrogens (tertiary/aromatic N) is 2. The van der Waals surface area contributed by atoms with E-state index in [1.165, 1.54) is 30.8 Å². The summed E-state index contributed by atoms with van der Waals surface area (Å²) < 4.78 is 0. The van der Waals surface area contributed by atoms with Gasteiger partial charge in [0.2, 0.25) is 5.91 Å². The van der Waals surface area contributed by atoms with Crippen LogP contribution in [0.2, 0.25) is 0 Å². The Balaban J connectivity index is 1.37. The monoisotopic (exact) mass is 418 g/mol. The van der Waals surface area contributed by atoms with Crippen LogP contribution in [0.4, 0.5) is 0 Å². The fourth-order valence-corrected chi connectivity index (χ4v) is 5.45. The number of unbranched alkanes of at least 4 members (excludes halogenated alkanes) is 1. The largest absolute Gasteiger partial charge is 0.356 e. The molecule has 3 heterocycles. The van der Waals surface area contributed by atoms with Crippen LogP contribution in [0.3, 0.4) is 0 Å². The number of aromatic nitrogens is 2. The van der Waals surface area contributed by atoms with Gasteiger partial charge in [0.25, 0.3) is 5.56 Å². The van der Waals surface area contributed by atoms with Gasteiger partial charge in [-0.25, -0.2) is 4.98 Å². The average molecular weight is 419 g/mol. The van der Waals surface area contributed by atoms with Gasteiger partial charge >= 0.3 is 0 Å². The minimum atomic E-state index is -0.103. The van der Waals surface area contributed by atoms with Crippen molar-refractivity contribution in [2.24, 2.45) is 11.8 Å². The summed E-state index contributed by atoms with van der Waals surface area (Å²) >= 11 is 1.54. The van der Waals surface area contributed by atoms with Crippen LogP contribution >= 0.6 is 11.3 Å². The molecule has 2 N–H and O–H groups in total. The first kappa shape index (κ1) is 22.0. The highest BCUT2D eigenvalue weighted by Gasteiger charge is 2.21. The number of H-pyrrole nitrogens is 1. The van der Waals surface area contributed by atoms with Gasteiger partial charge in [-0.2, -0.15) is 0 Å². The van der Waals surface area contributed by atoms with Crippen LogP contribution in [0.5, 0.6) is 0 Å². The number of aryl methyl sites for hydroxylation is 3. The number of hydrogen-bond donors (Lipinski definition) is 2. The zero-order valence-corrected chi connectivity index (χ0v) is 19.0. The molecule has 7 heteroatoms. The van der Waals surface area contributed by atoms with E-state index in [-0.39, 0.29) is 11.5 Å². The standard InChI is InChI=1S/C22H34N4O2S/c1-14-11-15(2)13-26(12-14)10-6-5-9-23-19(27)8-7-18-24-21(28)20-16(3)17(4)29-22(20)25-18/h14-15H,5-13H2,1-4H3,(H,23,27)(H,24,25,28)/t14-,15+. The normalized spacial score (nSPS) is 20.3. The molecule has 6 nitrogen and oxygen atoms in total. The lowest BCUT2D eigenvalue weighted by Gasteiger charge is -2.34. The van der Waals surface area contributed by atoms with Gasteiger partial charge in [0, 0.05) is 37.4 Å². The van der Waals surface area contributed by atoms with E-state index in [0.29, 0.717) is 30.6 Å². The van der Waals surface area contributed by atoms with Gasteiger partial charge in [0.15, 0.2) is 0 Å². The third-order valence-corrected chi connectivity index (χ3v) is 6.95. The highest BCUT2D eigenvalue weighted by molar-refractivity contribution is 7.18. The van der Waals surface area contributed by atoms with Crippen LogP contribution in [0, 0.1) is 25.7 Å². The van der Waals surface area contributed by atoms with Crippen molar-refractivity contribution in [2.75, 3.05) is 26.2 Å². The number of aromatic amines is 1. The van der Waals surface area contributed by atoms with E-state index >= 15 is 0 Å². The number of carbonyl (C=O) groups excluding carboxylic acids is 1. The van der Waals surface area contributed by atoms with Crippen LogP contribution in [-0.4, -0.2) is 47.0 Å². The smallest absolute Gasteiger partial charge is 0.259 e. The molecule has 0 aromatic carbocycles. The van der Waals surface area contributed by atoms with Gasteiger partial charge in [-0.15, -0.1) is 11.3 Å². The third kappa shape index (κ3) is 5.89. The number of amides is 1. The number of nitrogens with one attached hydrogen (secondary N) is 2. The summed E-state index contributed by atoms with van der Waals surface area (Å²) in [6, 6.07) is 0. The number of fused-ring (bicyclic) bond motifs is 1. The second kappa shape index (κ2) is 9.85. The molecule has 1 saturated heterocycles. The number of piperidine rings is 1. The van der Waals surface area contributed by atoms with Crippen molar-refractivity contribution < 1.29 is 4.79 Å². The van der Waals surface area contributed by atoms with Gasteiger partial charge in [0.05, 0.1) is 5.39 Å². The Hall–Kier alpha value is -1.73. The van der Waals surface area contributed by atoms with Crippen LogP contribution < -0.4 is 10.9 Å². The van der Waals surface area contributed by atoms with E-state index in [9.17, 15) is 9.59 Å². The molecule has 1 amide bonds. The SMILES string of the molecule is Cc1sc2nc(CCC(=O)NCCCCN3C[C@H](C)C[C@H](C)C3)[nH]c(=O)c2c1C. The van der Waals surface area contributed by atoms with Crippen LogP contribution in [0.15, 0.2) is 4.79 Å². The molecule has 0 radical (unpaired) electrons. The average Bonchev–Trinajstić information content (AvgIpc) is 2.93. The number of thiophene rings is 1. The Labute approximate surface area is 177 Å². The van der Waals surface area contributed by atoms with Crippen molar-refractivity contribution >= 4 is 27.5 Å². The van der Waals surface area contributed by atoms with Crippen molar-refractivity contribution in [2.45, 2.75) is 59.8 Å². The number of hydrogen-bond acceptors (Lipinski definition) is 5. The van der Waals surface area contributed by atoms with Gasteiger partial charge < -0.3 is 15.2 Å². The molecule has 3 rings (SSSR count). The zero-order valence-electron chi connectivity index (χ0n) is 18.1. The van der Waals surface area contributed by atoms with Gasteiger partial charge in [-0.1, -0.05) is 13.8 Å². The molecule has 1 aliphatic rings. The quantitative estimate of drug-likeness (QED) is 0.644. The predicted molar refractivity (Wildman–Crippen MR) is 120 cm³/mol. The van der Waals surface area contributed by atoms with Crippen molar-refractivity contribution in [3.8, 4) is 0 Å². The Bertz CT molecular complexity index is 894. The molecule has 1 aliphatic heterocycles. The van der Waals surface area contributed by atoms with Crippen molar-refractivity contribution in [1.29, 1.82) is 0 Å². The summed E-state index contributed by atoms with van der Waals surface area (Å²) in [5, 5.41) is 3.68. The van der Waals surface area contributed by atoms with E-state index in [0.717, 1.165) is 46.5 Å². The summed E-state index contributed by atoms with van der Waals surface area (Å²) in [6.45, 7) is 12.9. The molecule has 0 aliphatic carbocycles. The lowest BCUT2D eigenvalue weighted by atomic mass is 9.92. The van der Waals surface area contributed by atoms with Gasteiger partial charge in [-0.3, -0.25) is 9.59 Å². The number of carbonyl (C=O) groups is 1. The van der Waals surface area contributed by atoms with Crippen molar-refractivity contribution in [1.82, 2.24) is 20.2 Å². The van der Waals surface area contributed by atoms with Crippen LogP contribution in [0.1, 0.15) is 55.8 Å². The molecule has 0 unspecified atom stereocenters. The van der Waals surface area contributed by atoms with Crippen LogP contribution in [0.25, 0.3) is 10.2 Å². The van der Waals surface area contributed by atoms with E-state index in [2.05, 4.69) is 34.0 Å². The second-order valence-electron chi connectivity index (χ2n) is 8.74.